The van der Waals surface area contributed by atoms with Gasteiger partial charge in [-0.1, -0.05) is 176 Å². The van der Waals surface area contributed by atoms with Crippen LogP contribution in [0.5, 0.6) is 0 Å². The molecule has 4 nitrogen and oxygen atoms in total. The third kappa shape index (κ3) is 5.83. The lowest BCUT2D eigenvalue weighted by Gasteiger charge is -2.12. The predicted octanol–water partition coefficient (Wildman–Crippen LogP) is 14.1. The normalized spacial score (nSPS) is 11.5. The van der Waals surface area contributed by atoms with Crippen molar-refractivity contribution in [1.29, 1.82) is 0 Å². The highest BCUT2D eigenvalue weighted by Crippen LogP contribution is 2.42. The van der Waals surface area contributed by atoms with Crippen molar-refractivity contribution < 1.29 is 4.42 Å². The van der Waals surface area contributed by atoms with Crippen LogP contribution in [0.2, 0.25) is 0 Å². The molecule has 0 aliphatic rings. The standard InChI is InChI=1S/C53H33N3O/c1-3-12-34(13-4-1)35-22-26-39(27-23-35)48-33-47(38-15-5-2-6-16-38)55-53(56-48)40-28-24-36(25-29-40)41-30-31-46-45(32-41)52-50(44-19-9-10-21-49(44)57-52)51(54-46)43-20-11-17-37-14-7-8-18-42(37)43/h1-33H. The van der Waals surface area contributed by atoms with Gasteiger partial charge in [-0.2, -0.15) is 0 Å². The molecule has 0 spiro atoms. The molecule has 0 unspecified atom stereocenters. The fraction of sp³-hybridized carbons (Fsp3) is 0. The van der Waals surface area contributed by atoms with Crippen LogP contribution in [0.4, 0.5) is 0 Å². The Kier molecular flexibility index (Phi) is 7.78. The van der Waals surface area contributed by atoms with E-state index in [2.05, 4.69) is 164 Å². The molecule has 3 heterocycles. The number of fused-ring (bicyclic) bond motifs is 6. The second-order valence-corrected chi connectivity index (χ2v) is 14.4. The van der Waals surface area contributed by atoms with Crippen LogP contribution in [0.15, 0.2) is 205 Å². The van der Waals surface area contributed by atoms with Gasteiger partial charge < -0.3 is 4.42 Å². The monoisotopic (exact) mass is 727 g/mol. The first kappa shape index (κ1) is 32.7. The number of hydrogen-bond acceptors (Lipinski definition) is 4. The molecule has 0 aliphatic heterocycles. The molecule has 3 aromatic heterocycles. The van der Waals surface area contributed by atoms with Gasteiger partial charge in [-0.15, -0.1) is 0 Å². The van der Waals surface area contributed by atoms with Crippen LogP contribution in [0.3, 0.4) is 0 Å². The number of benzene rings is 8. The number of nitrogens with zero attached hydrogens (tertiary/aromatic N) is 3. The van der Waals surface area contributed by atoms with Crippen molar-refractivity contribution in [3.05, 3.63) is 200 Å². The van der Waals surface area contributed by atoms with Crippen molar-refractivity contribution in [2.75, 3.05) is 0 Å². The lowest BCUT2D eigenvalue weighted by Crippen LogP contribution is -1.96. The molecule has 0 saturated carbocycles. The number of furan rings is 1. The van der Waals surface area contributed by atoms with E-state index in [9.17, 15) is 0 Å². The summed E-state index contributed by atoms with van der Waals surface area (Å²) in [7, 11) is 0. The zero-order chi connectivity index (χ0) is 37.7. The fourth-order valence-corrected chi connectivity index (χ4v) is 8.03. The van der Waals surface area contributed by atoms with Crippen LogP contribution in [-0.4, -0.2) is 15.0 Å². The smallest absolute Gasteiger partial charge is 0.160 e. The van der Waals surface area contributed by atoms with Crippen LogP contribution >= 0.6 is 0 Å². The van der Waals surface area contributed by atoms with Gasteiger partial charge in [-0.3, -0.25) is 0 Å². The molecular weight excluding hydrogens is 695 g/mol. The van der Waals surface area contributed by atoms with E-state index in [1.807, 2.05) is 36.4 Å². The van der Waals surface area contributed by atoms with Gasteiger partial charge in [0.05, 0.1) is 28.0 Å². The second kappa shape index (κ2) is 13.6. The van der Waals surface area contributed by atoms with E-state index in [0.717, 1.165) is 83.3 Å². The first-order valence-electron chi connectivity index (χ1n) is 19.2. The van der Waals surface area contributed by atoms with Crippen molar-refractivity contribution in [2.45, 2.75) is 0 Å². The number of aromatic nitrogens is 3. The van der Waals surface area contributed by atoms with Crippen molar-refractivity contribution >= 4 is 43.6 Å². The number of hydrogen-bond donors (Lipinski definition) is 0. The SMILES string of the molecule is c1ccc(-c2ccc(-c3cc(-c4ccccc4)nc(-c4ccc(-c5ccc6nc(-c7cccc8ccccc78)c7c8ccccc8oc7c6c5)cc4)n3)cc2)cc1. The van der Waals surface area contributed by atoms with Crippen LogP contribution in [0.25, 0.3) is 111 Å². The Morgan fingerprint density at radius 1 is 0.351 bits per heavy atom. The Morgan fingerprint density at radius 3 is 1.65 bits per heavy atom. The molecule has 0 radical (unpaired) electrons. The first-order valence-corrected chi connectivity index (χ1v) is 19.2. The van der Waals surface area contributed by atoms with E-state index < -0.39 is 0 Å². The number of pyridine rings is 1. The number of rotatable bonds is 6. The minimum Gasteiger partial charge on any atom is -0.455 e. The van der Waals surface area contributed by atoms with Crippen LogP contribution in [0.1, 0.15) is 0 Å². The summed E-state index contributed by atoms with van der Waals surface area (Å²) >= 11 is 0. The fourth-order valence-electron chi connectivity index (χ4n) is 8.03. The van der Waals surface area contributed by atoms with Crippen molar-refractivity contribution in [1.82, 2.24) is 15.0 Å². The Balaban J connectivity index is 0.999. The van der Waals surface area contributed by atoms with Gasteiger partial charge in [-0.05, 0) is 57.3 Å². The van der Waals surface area contributed by atoms with Crippen LogP contribution in [0, 0.1) is 0 Å². The van der Waals surface area contributed by atoms with E-state index in [4.69, 9.17) is 19.4 Å². The number of para-hydroxylation sites is 1. The lowest BCUT2D eigenvalue weighted by atomic mass is 9.96. The molecular formula is C53H33N3O. The first-order chi connectivity index (χ1) is 28.2. The van der Waals surface area contributed by atoms with E-state index in [1.54, 1.807) is 0 Å². The molecule has 11 aromatic rings. The molecule has 57 heavy (non-hydrogen) atoms. The maximum Gasteiger partial charge on any atom is 0.160 e. The van der Waals surface area contributed by atoms with Crippen LogP contribution < -0.4 is 0 Å². The van der Waals surface area contributed by atoms with Gasteiger partial charge in [0.25, 0.3) is 0 Å². The molecule has 0 N–H and O–H groups in total. The van der Waals surface area contributed by atoms with E-state index >= 15 is 0 Å². The molecule has 0 saturated heterocycles. The van der Waals surface area contributed by atoms with Crippen LogP contribution in [-0.2, 0) is 0 Å². The Hall–Kier alpha value is -7.69. The Bertz CT molecular complexity index is 3260. The minimum atomic E-state index is 0.678. The minimum absolute atomic E-state index is 0.678. The molecule has 0 bridgehead atoms. The topological polar surface area (TPSA) is 51.8 Å². The highest BCUT2D eigenvalue weighted by Gasteiger charge is 2.20. The van der Waals surface area contributed by atoms with E-state index in [-0.39, 0.29) is 0 Å². The zero-order valence-electron chi connectivity index (χ0n) is 30.8. The summed E-state index contributed by atoms with van der Waals surface area (Å²) in [4.78, 5) is 15.5. The van der Waals surface area contributed by atoms with Gasteiger partial charge in [0, 0.05) is 33.0 Å². The van der Waals surface area contributed by atoms with Crippen molar-refractivity contribution in [3.8, 4) is 67.4 Å². The zero-order valence-corrected chi connectivity index (χ0v) is 30.8. The summed E-state index contributed by atoms with van der Waals surface area (Å²) in [5.74, 6) is 0.678. The molecule has 8 aromatic carbocycles. The van der Waals surface area contributed by atoms with Gasteiger partial charge in [-0.25, -0.2) is 15.0 Å². The molecule has 266 valence electrons. The van der Waals surface area contributed by atoms with E-state index in [0.29, 0.717) is 5.82 Å². The quantitative estimate of drug-likeness (QED) is 0.171. The highest BCUT2D eigenvalue weighted by molar-refractivity contribution is 6.21. The maximum absolute atomic E-state index is 6.68. The predicted molar refractivity (Wildman–Crippen MR) is 235 cm³/mol. The molecule has 0 aliphatic carbocycles. The van der Waals surface area contributed by atoms with Crippen molar-refractivity contribution in [2.24, 2.45) is 0 Å². The summed E-state index contributed by atoms with van der Waals surface area (Å²) in [6, 6.07) is 69.6. The van der Waals surface area contributed by atoms with Crippen molar-refractivity contribution in [3.63, 3.8) is 0 Å². The molecule has 0 atom stereocenters. The summed E-state index contributed by atoms with van der Waals surface area (Å²) in [6.45, 7) is 0. The van der Waals surface area contributed by atoms with Gasteiger partial charge in [0.2, 0.25) is 0 Å². The Labute approximate surface area is 329 Å². The van der Waals surface area contributed by atoms with Gasteiger partial charge >= 0.3 is 0 Å². The third-order valence-electron chi connectivity index (χ3n) is 10.9. The average Bonchev–Trinajstić information content (AvgIpc) is 3.69. The highest BCUT2D eigenvalue weighted by atomic mass is 16.3. The van der Waals surface area contributed by atoms with Gasteiger partial charge in [0.1, 0.15) is 11.2 Å². The average molecular weight is 728 g/mol. The summed E-state index contributed by atoms with van der Waals surface area (Å²) in [5.41, 5.74) is 13.9. The summed E-state index contributed by atoms with van der Waals surface area (Å²) < 4.78 is 6.68. The summed E-state index contributed by atoms with van der Waals surface area (Å²) in [6.07, 6.45) is 0. The third-order valence-corrected chi connectivity index (χ3v) is 10.9. The molecule has 4 heteroatoms. The molecule has 0 fully saturated rings. The Morgan fingerprint density at radius 2 is 0.895 bits per heavy atom. The largest absolute Gasteiger partial charge is 0.455 e. The maximum atomic E-state index is 6.68. The van der Waals surface area contributed by atoms with E-state index in [1.165, 1.54) is 21.9 Å². The lowest BCUT2D eigenvalue weighted by molar-refractivity contribution is 0.672. The van der Waals surface area contributed by atoms with Gasteiger partial charge in [0.15, 0.2) is 5.82 Å². The molecule has 0 amide bonds. The summed E-state index contributed by atoms with van der Waals surface area (Å²) in [5, 5.41) is 5.42. The molecule has 11 rings (SSSR count). The second-order valence-electron chi connectivity index (χ2n) is 14.4.